The maximum atomic E-state index is 11.7. The fraction of sp³-hybridized carbons (Fsp3) is 0.278. The number of carbonyl (C=O) groups is 1. The quantitative estimate of drug-likeness (QED) is 0.836. The summed E-state index contributed by atoms with van der Waals surface area (Å²) >= 11 is 0. The van der Waals surface area contributed by atoms with E-state index in [1.165, 1.54) is 29.5 Å². The SMILES string of the molecule is O=C1CCc2cc(-c3ccc(OC4CC4)cc3)ccc21. The van der Waals surface area contributed by atoms with Crippen LogP contribution in [0.2, 0.25) is 0 Å². The summed E-state index contributed by atoms with van der Waals surface area (Å²) in [5.41, 5.74) is 4.44. The Balaban J connectivity index is 1.62. The summed E-state index contributed by atoms with van der Waals surface area (Å²) in [4.78, 5) is 11.7. The Bertz CT molecular complexity index is 666. The number of hydrogen-bond acceptors (Lipinski definition) is 2. The van der Waals surface area contributed by atoms with Crippen LogP contribution in [0.15, 0.2) is 42.5 Å². The van der Waals surface area contributed by atoms with Crippen LogP contribution in [0.1, 0.15) is 35.2 Å². The molecule has 2 heteroatoms. The Hall–Kier alpha value is -2.09. The van der Waals surface area contributed by atoms with Gasteiger partial charge in [-0.1, -0.05) is 30.3 Å². The van der Waals surface area contributed by atoms with Gasteiger partial charge < -0.3 is 4.74 Å². The topological polar surface area (TPSA) is 26.3 Å². The lowest BCUT2D eigenvalue weighted by Gasteiger charge is -2.07. The first kappa shape index (κ1) is 11.7. The standard InChI is InChI=1S/C18H16O2/c19-18-10-4-14-11-13(3-9-17(14)18)12-1-5-15(6-2-12)20-16-7-8-16/h1-3,5-6,9,11,16H,4,7-8,10H2. The maximum Gasteiger partial charge on any atom is 0.163 e. The van der Waals surface area contributed by atoms with E-state index in [1.807, 2.05) is 24.3 Å². The van der Waals surface area contributed by atoms with Crippen LogP contribution in [0, 0.1) is 0 Å². The van der Waals surface area contributed by atoms with Crippen LogP contribution in [-0.2, 0) is 6.42 Å². The second-order valence-electron chi connectivity index (χ2n) is 5.64. The average Bonchev–Trinajstić information content (AvgIpc) is 3.22. The molecule has 100 valence electrons. The molecular weight excluding hydrogens is 248 g/mol. The predicted octanol–water partition coefficient (Wildman–Crippen LogP) is 4.02. The van der Waals surface area contributed by atoms with Crippen molar-refractivity contribution in [2.24, 2.45) is 0 Å². The molecule has 2 aliphatic rings. The van der Waals surface area contributed by atoms with E-state index in [9.17, 15) is 4.79 Å². The fourth-order valence-electron chi connectivity index (χ4n) is 2.74. The number of ketones is 1. The van der Waals surface area contributed by atoms with Crippen molar-refractivity contribution in [1.29, 1.82) is 0 Å². The largest absolute Gasteiger partial charge is 0.490 e. The number of carbonyl (C=O) groups excluding carboxylic acids is 1. The third-order valence-electron chi connectivity index (χ3n) is 4.04. The summed E-state index contributed by atoms with van der Waals surface area (Å²) in [6, 6.07) is 14.4. The van der Waals surface area contributed by atoms with Crippen molar-refractivity contribution in [2.45, 2.75) is 31.8 Å². The summed E-state index contributed by atoms with van der Waals surface area (Å²) < 4.78 is 5.76. The molecule has 2 aromatic carbocycles. The van der Waals surface area contributed by atoms with Crippen molar-refractivity contribution in [2.75, 3.05) is 0 Å². The van der Waals surface area contributed by atoms with E-state index in [4.69, 9.17) is 4.74 Å². The second kappa shape index (κ2) is 4.48. The van der Waals surface area contributed by atoms with E-state index in [1.54, 1.807) is 0 Å². The number of benzene rings is 2. The summed E-state index contributed by atoms with van der Waals surface area (Å²) in [7, 11) is 0. The van der Waals surface area contributed by atoms with Gasteiger partial charge in [0.2, 0.25) is 0 Å². The van der Waals surface area contributed by atoms with Gasteiger partial charge in [0.25, 0.3) is 0 Å². The lowest BCUT2D eigenvalue weighted by molar-refractivity contribution is 0.0994. The van der Waals surface area contributed by atoms with Gasteiger partial charge in [-0.2, -0.15) is 0 Å². The number of rotatable bonds is 3. The molecule has 0 aromatic heterocycles. The monoisotopic (exact) mass is 264 g/mol. The van der Waals surface area contributed by atoms with Crippen molar-refractivity contribution >= 4 is 5.78 Å². The molecule has 0 aliphatic heterocycles. The molecule has 0 atom stereocenters. The second-order valence-corrected chi connectivity index (χ2v) is 5.64. The summed E-state index contributed by atoms with van der Waals surface area (Å²) in [5, 5.41) is 0. The van der Waals surface area contributed by atoms with E-state index in [-0.39, 0.29) is 5.78 Å². The highest BCUT2D eigenvalue weighted by atomic mass is 16.5. The highest BCUT2D eigenvalue weighted by Gasteiger charge is 2.23. The molecule has 2 aliphatic carbocycles. The first-order valence-corrected chi connectivity index (χ1v) is 7.23. The number of ether oxygens (including phenoxy) is 1. The highest BCUT2D eigenvalue weighted by molar-refractivity contribution is 6.00. The van der Waals surface area contributed by atoms with Crippen molar-refractivity contribution in [3.63, 3.8) is 0 Å². The fourth-order valence-corrected chi connectivity index (χ4v) is 2.74. The van der Waals surface area contributed by atoms with Gasteiger partial charge in [0.1, 0.15) is 5.75 Å². The van der Waals surface area contributed by atoms with E-state index < -0.39 is 0 Å². The maximum absolute atomic E-state index is 11.7. The van der Waals surface area contributed by atoms with Crippen LogP contribution >= 0.6 is 0 Å². The van der Waals surface area contributed by atoms with Crippen molar-refractivity contribution in [3.8, 4) is 16.9 Å². The zero-order chi connectivity index (χ0) is 13.5. The van der Waals surface area contributed by atoms with Crippen LogP contribution in [0.3, 0.4) is 0 Å². The molecule has 0 saturated heterocycles. The molecule has 0 heterocycles. The molecule has 0 N–H and O–H groups in total. The Morgan fingerprint density at radius 2 is 1.65 bits per heavy atom. The molecular formula is C18H16O2. The first-order chi connectivity index (χ1) is 9.79. The normalized spacial score (nSPS) is 17.1. The number of aryl methyl sites for hydroxylation is 1. The summed E-state index contributed by atoms with van der Waals surface area (Å²) in [6.07, 6.45) is 4.34. The van der Waals surface area contributed by atoms with Crippen LogP contribution in [0.4, 0.5) is 0 Å². The third kappa shape index (κ3) is 2.11. The Morgan fingerprint density at radius 1 is 0.900 bits per heavy atom. The van der Waals surface area contributed by atoms with Gasteiger partial charge in [-0.25, -0.2) is 0 Å². The Kier molecular flexibility index (Phi) is 2.62. The van der Waals surface area contributed by atoms with Gasteiger partial charge in [-0.05, 0) is 48.1 Å². The molecule has 20 heavy (non-hydrogen) atoms. The Morgan fingerprint density at radius 3 is 2.40 bits per heavy atom. The predicted molar refractivity (Wildman–Crippen MR) is 78.2 cm³/mol. The zero-order valence-corrected chi connectivity index (χ0v) is 11.3. The summed E-state index contributed by atoms with van der Waals surface area (Å²) in [6.45, 7) is 0. The number of Topliss-reactive ketones (excluding diaryl/α,β-unsaturated/α-hetero) is 1. The third-order valence-corrected chi connectivity index (χ3v) is 4.04. The van der Waals surface area contributed by atoms with E-state index >= 15 is 0 Å². The van der Waals surface area contributed by atoms with E-state index in [0.29, 0.717) is 12.5 Å². The van der Waals surface area contributed by atoms with E-state index in [0.717, 1.165) is 17.7 Å². The molecule has 0 radical (unpaired) electrons. The molecule has 1 fully saturated rings. The van der Waals surface area contributed by atoms with Gasteiger partial charge in [0.05, 0.1) is 6.10 Å². The average molecular weight is 264 g/mol. The molecule has 0 unspecified atom stereocenters. The molecule has 1 saturated carbocycles. The summed E-state index contributed by atoms with van der Waals surface area (Å²) in [5.74, 6) is 1.23. The van der Waals surface area contributed by atoms with Gasteiger partial charge in [-0.3, -0.25) is 4.79 Å². The van der Waals surface area contributed by atoms with Crippen LogP contribution in [0.25, 0.3) is 11.1 Å². The van der Waals surface area contributed by atoms with Crippen molar-refractivity contribution in [3.05, 3.63) is 53.6 Å². The lowest BCUT2D eigenvalue weighted by atomic mass is 10.0. The lowest BCUT2D eigenvalue weighted by Crippen LogP contribution is -1.95. The molecule has 2 aromatic rings. The van der Waals surface area contributed by atoms with Crippen LogP contribution < -0.4 is 4.74 Å². The smallest absolute Gasteiger partial charge is 0.163 e. The minimum Gasteiger partial charge on any atom is -0.490 e. The molecule has 0 bridgehead atoms. The zero-order valence-electron chi connectivity index (χ0n) is 11.3. The Labute approximate surface area is 118 Å². The van der Waals surface area contributed by atoms with Gasteiger partial charge in [-0.15, -0.1) is 0 Å². The number of fused-ring (bicyclic) bond motifs is 1. The first-order valence-electron chi connectivity index (χ1n) is 7.23. The van der Waals surface area contributed by atoms with Crippen molar-refractivity contribution in [1.82, 2.24) is 0 Å². The molecule has 4 rings (SSSR count). The molecule has 2 nitrogen and oxygen atoms in total. The minimum absolute atomic E-state index is 0.278. The van der Waals surface area contributed by atoms with Crippen LogP contribution in [-0.4, -0.2) is 11.9 Å². The van der Waals surface area contributed by atoms with Gasteiger partial charge in [0, 0.05) is 12.0 Å². The van der Waals surface area contributed by atoms with Gasteiger partial charge >= 0.3 is 0 Å². The molecule has 0 spiro atoms. The number of hydrogen-bond donors (Lipinski definition) is 0. The van der Waals surface area contributed by atoms with Crippen molar-refractivity contribution < 1.29 is 9.53 Å². The van der Waals surface area contributed by atoms with E-state index in [2.05, 4.69) is 18.2 Å². The van der Waals surface area contributed by atoms with Gasteiger partial charge in [0.15, 0.2) is 5.78 Å². The minimum atomic E-state index is 0.278. The van der Waals surface area contributed by atoms with Crippen LogP contribution in [0.5, 0.6) is 5.75 Å². The highest BCUT2D eigenvalue weighted by Crippen LogP contribution is 2.31. The molecule has 0 amide bonds.